The molecule has 2 aromatic carbocycles. The summed E-state index contributed by atoms with van der Waals surface area (Å²) in [6, 6.07) is 12.9. The summed E-state index contributed by atoms with van der Waals surface area (Å²) in [5.41, 5.74) is 4.12. The molecule has 1 saturated heterocycles. The van der Waals surface area contributed by atoms with E-state index < -0.39 is 6.04 Å². The van der Waals surface area contributed by atoms with Crippen LogP contribution in [0.1, 0.15) is 24.5 Å². The zero-order chi connectivity index (χ0) is 20.4. The summed E-state index contributed by atoms with van der Waals surface area (Å²) < 4.78 is 5.42. The van der Waals surface area contributed by atoms with Crippen molar-refractivity contribution >= 4 is 28.4 Å². The predicted octanol–water partition coefficient (Wildman–Crippen LogP) is 3.34. The molecule has 0 saturated carbocycles. The van der Waals surface area contributed by atoms with Crippen LogP contribution in [0.4, 0.5) is 5.69 Å². The molecule has 150 valence electrons. The van der Waals surface area contributed by atoms with Gasteiger partial charge in [-0.05, 0) is 62.2 Å². The highest BCUT2D eigenvalue weighted by Gasteiger charge is 2.39. The van der Waals surface area contributed by atoms with Crippen molar-refractivity contribution in [3.05, 3.63) is 59.8 Å². The molecule has 6 nitrogen and oxygen atoms in total. The minimum absolute atomic E-state index is 0.180. The topological polar surface area (TPSA) is 74.4 Å². The first kappa shape index (κ1) is 19.2. The van der Waals surface area contributed by atoms with E-state index in [4.69, 9.17) is 4.74 Å². The molecule has 1 aliphatic heterocycles. The van der Waals surface area contributed by atoms with Gasteiger partial charge in [0, 0.05) is 23.6 Å². The zero-order valence-corrected chi connectivity index (χ0v) is 16.7. The van der Waals surface area contributed by atoms with Crippen molar-refractivity contribution in [2.45, 2.75) is 32.7 Å². The van der Waals surface area contributed by atoms with Crippen LogP contribution in [0.15, 0.2) is 48.7 Å². The Kier molecular flexibility index (Phi) is 5.36. The fourth-order valence-corrected chi connectivity index (χ4v) is 3.80. The Morgan fingerprint density at radius 2 is 1.97 bits per heavy atom. The van der Waals surface area contributed by atoms with E-state index in [9.17, 15) is 9.59 Å². The van der Waals surface area contributed by atoms with Crippen molar-refractivity contribution in [2.24, 2.45) is 0 Å². The third kappa shape index (κ3) is 3.89. The van der Waals surface area contributed by atoms with Gasteiger partial charge in [0.25, 0.3) is 5.91 Å². The Bertz CT molecular complexity index is 1040. The third-order valence-corrected chi connectivity index (χ3v) is 5.26. The molecule has 1 atom stereocenters. The summed E-state index contributed by atoms with van der Waals surface area (Å²) >= 11 is 0. The standard InChI is InChI=1S/C23H25N3O3/c1-3-29-18-7-5-17(6-8-18)26-22(27)13-21(23(26)28)24-11-10-16-14-25-20-9-4-15(2)12-19(16)20/h4-9,12,14,21,24-25H,3,10-11,13H2,1-2H3/t21-/m1/s1. The van der Waals surface area contributed by atoms with Crippen LogP contribution in [0, 0.1) is 6.92 Å². The second-order valence-corrected chi connectivity index (χ2v) is 7.32. The summed E-state index contributed by atoms with van der Waals surface area (Å²) in [5.74, 6) is 0.340. The van der Waals surface area contributed by atoms with Gasteiger partial charge in [0.1, 0.15) is 5.75 Å². The number of hydrogen-bond acceptors (Lipinski definition) is 4. The fourth-order valence-electron chi connectivity index (χ4n) is 3.80. The van der Waals surface area contributed by atoms with Gasteiger partial charge in [0.05, 0.1) is 24.8 Å². The monoisotopic (exact) mass is 391 g/mol. The molecule has 2 amide bonds. The van der Waals surface area contributed by atoms with Crippen LogP contribution >= 0.6 is 0 Å². The number of carbonyl (C=O) groups excluding carboxylic acids is 2. The molecule has 0 spiro atoms. The molecular weight excluding hydrogens is 366 g/mol. The number of benzene rings is 2. The Morgan fingerprint density at radius 1 is 1.17 bits per heavy atom. The number of hydrogen-bond donors (Lipinski definition) is 2. The van der Waals surface area contributed by atoms with Crippen molar-refractivity contribution in [1.29, 1.82) is 0 Å². The van der Waals surface area contributed by atoms with Gasteiger partial charge in [-0.3, -0.25) is 9.59 Å². The number of fused-ring (bicyclic) bond motifs is 1. The summed E-state index contributed by atoms with van der Waals surface area (Å²) in [6.07, 6.45) is 2.98. The van der Waals surface area contributed by atoms with Crippen LogP contribution in [0.2, 0.25) is 0 Å². The minimum atomic E-state index is -0.485. The summed E-state index contributed by atoms with van der Waals surface area (Å²) in [6.45, 7) is 5.19. The molecule has 0 bridgehead atoms. The van der Waals surface area contributed by atoms with Gasteiger partial charge in [0.2, 0.25) is 5.91 Å². The lowest BCUT2D eigenvalue weighted by molar-refractivity contribution is -0.121. The second-order valence-electron chi connectivity index (χ2n) is 7.32. The van der Waals surface area contributed by atoms with Crippen LogP contribution in [0.3, 0.4) is 0 Å². The van der Waals surface area contributed by atoms with E-state index in [-0.39, 0.29) is 18.2 Å². The van der Waals surface area contributed by atoms with Crippen molar-refractivity contribution in [3.8, 4) is 5.75 Å². The second kappa shape index (κ2) is 8.09. The van der Waals surface area contributed by atoms with E-state index in [0.29, 0.717) is 18.8 Å². The molecule has 3 aromatic rings. The summed E-state index contributed by atoms with van der Waals surface area (Å²) in [5, 5.41) is 4.47. The molecule has 29 heavy (non-hydrogen) atoms. The van der Waals surface area contributed by atoms with Crippen LogP contribution in [-0.2, 0) is 16.0 Å². The predicted molar refractivity (Wildman–Crippen MR) is 113 cm³/mol. The highest BCUT2D eigenvalue weighted by atomic mass is 16.5. The van der Waals surface area contributed by atoms with Gasteiger partial charge in [-0.1, -0.05) is 11.6 Å². The van der Waals surface area contributed by atoms with Crippen LogP contribution in [0.5, 0.6) is 5.75 Å². The van der Waals surface area contributed by atoms with Crippen molar-refractivity contribution < 1.29 is 14.3 Å². The van der Waals surface area contributed by atoms with Crippen molar-refractivity contribution in [2.75, 3.05) is 18.1 Å². The van der Waals surface area contributed by atoms with E-state index in [1.54, 1.807) is 24.3 Å². The number of rotatable bonds is 7. The maximum Gasteiger partial charge on any atom is 0.251 e. The highest BCUT2D eigenvalue weighted by molar-refractivity contribution is 6.22. The first-order chi connectivity index (χ1) is 14.1. The number of aromatic nitrogens is 1. The number of H-pyrrole nitrogens is 1. The van der Waals surface area contributed by atoms with Gasteiger partial charge in [-0.25, -0.2) is 4.90 Å². The number of aryl methyl sites for hydroxylation is 1. The Hall–Kier alpha value is -3.12. The van der Waals surface area contributed by atoms with E-state index in [0.717, 1.165) is 17.7 Å². The van der Waals surface area contributed by atoms with E-state index in [1.165, 1.54) is 21.4 Å². The lowest BCUT2D eigenvalue weighted by Crippen LogP contribution is -2.39. The number of carbonyl (C=O) groups is 2. The van der Waals surface area contributed by atoms with Gasteiger partial charge < -0.3 is 15.0 Å². The maximum absolute atomic E-state index is 12.8. The number of imide groups is 1. The fraction of sp³-hybridized carbons (Fsp3) is 0.304. The molecule has 6 heteroatoms. The largest absolute Gasteiger partial charge is 0.494 e. The quantitative estimate of drug-likeness (QED) is 0.606. The summed E-state index contributed by atoms with van der Waals surface area (Å²) in [7, 11) is 0. The molecule has 2 N–H and O–H groups in total. The number of nitrogens with zero attached hydrogens (tertiary/aromatic N) is 1. The molecule has 0 radical (unpaired) electrons. The van der Waals surface area contributed by atoms with E-state index in [1.807, 2.05) is 13.1 Å². The number of nitrogens with one attached hydrogen (secondary N) is 2. The van der Waals surface area contributed by atoms with E-state index >= 15 is 0 Å². The number of aromatic amines is 1. The maximum atomic E-state index is 12.8. The molecule has 1 aliphatic rings. The normalized spacial score (nSPS) is 16.8. The van der Waals surface area contributed by atoms with Gasteiger partial charge in [-0.2, -0.15) is 0 Å². The molecule has 2 heterocycles. The van der Waals surface area contributed by atoms with Gasteiger partial charge >= 0.3 is 0 Å². The Labute approximate surface area is 169 Å². The number of anilines is 1. The Morgan fingerprint density at radius 3 is 2.72 bits per heavy atom. The number of amides is 2. The van der Waals surface area contributed by atoms with Crippen LogP contribution < -0.4 is 15.0 Å². The van der Waals surface area contributed by atoms with E-state index in [2.05, 4.69) is 35.4 Å². The third-order valence-electron chi connectivity index (χ3n) is 5.26. The SMILES string of the molecule is CCOc1ccc(N2C(=O)C[C@@H](NCCc3c[nH]c4ccc(C)cc34)C2=O)cc1. The minimum Gasteiger partial charge on any atom is -0.494 e. The van der Waals surface area contributed by atoms with Gasteiger partial charge in [-0.15, -0.1) is 0 Å². The molecular formula is C23H25N3O3. The molecule has 1 aromatic heterocycles. The lowest BCUT2D eigenvalue weighted by Gasteiger charge is -2.16. The number of ether oxygens (including phenoxy) is 1. The molecule has 1 fully saturated rings. The average molecular weight is 391 g/mol. The van der Waals surface area contributed by atoms with Crippen LogP contribution in [-0.4, -0.2) is 36.0 Å². The van der Waals surface area contributed by atoms with Gasteiger partial charge in [0.15, 0.2) is 0 Å². The first-order valence-corrected chi connectivity index (χ1v) is 9.96. The van der Waals surface area contributed by atoms with Crippen molar-refractivity contribution in [3.63, 3.8) is 0 Å². The zero-order valence-electron chi connectivity index (χ0n) is 16.7. The van der Waals surface area contributed by atoms with Crippen molar-refractivity contribution in [1.82, 2.24) is 10.3 Å². The molecule has 4 rings (SSSR count). The average Bonchev–Trinajstić information content (AvgIpc) is 3.23. The molecule has 0 unspecified atom stereocenters. The molecule has 0 aliphatic carbocycles. The lowest BCUT2D eigenvalue weighted by atomic mass is 10.1. The Balaban J connectivity index is 1.39. The van der Waals surface area contributed by atoms with Crippen LogP contribution in [0.25, 0.3) is 10.9 Å². The summed E-state index contributed by atoms with van der Waals surface area (Å²) in [4.78, 5) is 29.8. The first-order valence-electron chi connectivity index (χ1n) is 9.96. The smallest absolute Gasteiger partial charge is 0.251 e. The highest BCUT2D eigenvalue weighted by Crippen LogP contribution is 2.25.